The number of rotatable bonds is 30. The van der Waals surface area contributed by atoms with Gasteiger partial charge in [-0.1, -0.05) is 80.4 Å². The number of hydrogen-bond donors (Lipinski definition) is 5. The molecule has 1 saturated carbocycles. The Morgan fingerprint density at radius 2 is 1.24 bits per heavy atom. The minimum absolute atomic E-state index is 0.0318. The van der Waals surface area contributed by atoms with Crippen molar-refractivity contribution in [2.45, 2.75) is 108 Å². The van der Waals surface area contributed by atoms with Crippen molar-refractivity contribution in [1.29, 1.82) is 0 Å². The van der Waals surface area contributed by atoms with Crippen molar-refractivity contribution in [1.82, 2.24) is 25.3 Å². The van der Waals surface area contributed by atoms with Crippen molar-refractivity contribution >= 4 is 53.4 Å². The van der Waals surface area contributed by atoms with Crippen molar-refractivity contribution in [3.05, 3.63) is 89.5 Å². The predicted molar refractivity (Wildman–Crippen MR) is 273 cm³/mol. The van der Waals surface area contributed by atoms with Crippen LogP contribution in [0.25, 0.3) is 11.1 Å². The molecular formula is C54H72N6O14. The molecule has 1 unspecified atom stereocenters. The highest BCUT2D eigenvalue weighted by Crippen LogP contribution is 2.44. The lowest BCUT2D eigenvalue weighted by atomic mass is 9.87. The number of likely N-dealkylation sites (N-methyl/N-ethyl adjacent to an activating group) is 1. The van der Waals surface area contributed by atoms with Gasteiger partial charge in [-0.2, -0.15) is 0 Å². The van der Waals surface area contributed by atoms with Crippen molar-refractivity contribution < 1.29 is 67.5 Å². The molecule has 4 atom stereocenters. The van der Waals surface area contributed by atoms with Crippen molar-refractivity contribution in [3.63, 3.8) is 0 Å². The number of amides is 3. The van der Waals surface area contributed by atoms with Crippen LogP contribution >= 0.6 is 0 Å². The molecule has 1 fully saturated rings. The summed E-state index contributed by atoms with van der Waals surface area (Å²) < 4.78 is 20.5. The maximum absolute atomic E-state index is 13.0. The third kappa shape index (κ3) is 17.7. The number of carboxylic acid groups (broad SMARTS) is 2. The number of ether oxygens (including phenoxy) is 4. The normalized spacial score (nSPS) is 15.8. The van der Waals surface area contributed by atoms with Gasteiger partial charge in [0.2, 0.25) is 11.8 Å². The van der Waals surface area contributed by atoms with Crippen molar-refractivity contribution in [2.24, 2.45) is 0 Å². The molecule has 0 saturated heterocycles. The molecule has 20 heteroatoms. The number of nitrogens with zero attached hydrogens (tertiary/aromatic N) is 3. The molecule has 402 valence electrons. The molecule has 0 radical (unpaired) electrons. The first-order chi connectivity index (χ1) is 35.6. The van der Waals surface area contributed by atoms with E-state index in [2.05, 4.69) is 16.0 Å². The summed E-state index contributed by atoms with van der Waals surface area (Å²) in [6.07, 6.45) is 3.92. The molecule has 3 aromatic carbocycles. The first-order valence-corrected chi connectivity index (χ1v) is 25.3. The van der Waals surface area contributed by atoms with Crippen LogP contribution in [0.2, 0.25) is 0 Å². The second kappa shape index (κ2) is 29.7. The number of carboxylic acids is 2. The Hall–Kier alpha value is -6.90. The summed E-state index contributed by atoms with van der Waals surface area (Å²) in [4.78, 5) is 106. The zero-order valence-electron chi connectivity index (χ0n) is 42.9. The van der Waals surface area contributed by atoms with E-state index >= 15 is 0 Å². The average molecular weight is 1030 g/mol. The largest absolute Gasteiger partial charge is 0.480 e. The van der Waals surface area contributed by atoms with Crippen LogP contribution < -0.4 is 16.0 Å². The minimum Gasteiger partial charge on any atom is -0.480 e. The number of anilines is 1. The fourth-order valence-electron chi connectivity index (χ4n) is 9.95. The van der Waals surface area contributed by atoms with E-state index in [-0.39, 0.29) is 88.3 Å². The van der Waals surface area contributed by atoms with E-state index in [9.17, 15) is 48.6 Å². The summed E-state index contributed by atoms with van der Waals surface area (Å²) in [7, 11) is 3.85. The molecule has 2 aliphatic rings. The molecule has 5 rings (SSSR count). The van der Waals surface area contributed by atoms with Crippen LogP contribution in [-0.4, -0.2) is 171 Å². The molecule has 3 amide bonds. The zero-order chi connectivity index (χ0) is 53.6. The Morgan fingerprint density at radius 3 is 1.82 bits per heavy atom. The van der Waals surface area contributed by atoms with Gasteiger partial charge >= 0.3 is 35.9 Å². The lowest BCUT2D eigenvalue weighted by Crippen LogP contribution is -2.59. The number of hydrogen-bond acceptors (Lipinski definition) is 15. The third-order valence-corrected chi connectivity index (χ3v) is 13.7. The van der Waals surface area contributed by atoms with E-state index < -0.39 is 54.6 Å². The van der Waals surface area contributed by atoms with Gasteiger partial charge in [0, 0.05) is 55.7 Å². The van der Waals surface area contributed by atoms with E-state index in [1.54, 1.807) is 17.0 Å². The Labute approximate surface area is 432 Å². The quantitative estimate of drug-likeness (QED) is 0.0340. The number of alkyl carbamates (subject to hydrolysis) is 1. The fraction of sp³-hybridized carbons (Fsp3) is 0.519. The van der Waals surface area contributed by atoms with Crippen LogP contribution in [-0.2, 0) is 58.9 Å². The van der Waals surface area contributed by atoms with Crippen LogP contribution in [0.4, 0.5) is 10.5 Å². The summed E-state index contributed by atoms with van der Waals surface area (Å²) in [6, 6.07) is 20.8. The first-order valence-electron chi connectivity index (χ1n) is 25.3. The van der Waals surface area contributed by atoms with E-state index in [1.807, 2.05) is 77.4 Å². The number of aliphatic carboxylic acids is 2. The molecule has 0 bridgehead atoms. The molecule has 2 aliphatic carbocycles. The minimum atomic E-state index is -1.19. The highest BCUT2D eigenvalue weighted by Gasteiger charge is 2.39. The van der Waals surface area contributed by atoms with Gasteiger partial charge in [0.25, 0.3) is 0 Å². The van der Waals surface area contributed by atoms with E-state index in [0.717, 1.165) is 40.7 Å². The summed E-state index contributed by atoms with van der Waals surface area (Å²) in [5.41, 5.74) is 5.66. The number of benzene rings is 3. The van der Waals surface area contributed by atoms with Crippen molar-refractivity contribution in [3.8, 4) is 11.1 Å². The number of unbranched alkanes of at least 4 members (excludes halogenated alkanes) is 1. The van der Waals surface area contributed by atoms with Gasteiger partial charge in [0.1, 0.15) is 12.6 Å². The smallest absolute Gasteiger partial charge is 0.407 e. The molecule has 0 aromatic heterocycles. The number of carbonyl (C=O) groups is 8. The van der Waals surface area contributed by atoms with Gasteiger partial charge in [-0.25, -0.2) is 9.59 Å². The zero-order valence-corrected chi connectivity index (χ0v) is 42.9. The SMILES string of the molecule is CCN(CC(=O)OC)[C@H](Cc1ccc(NC(=O)CCCC(=O)NCCCCC(NC(=O)OCC2c3ccccc3-c3ccccc32)C(=O)O)cc1)CN(CC(=O)OC)[C@H]1CCCC[C@@H]1N(CC(=O)O)CC(=O)OC. The highest BCUT2D eigenvalue weighted by molar-refractivity contribution is 5.91. The second-order valence-electron chi connectivity index (χ2n) is 18.6. The Bertz CT molecular complexity index is 2340. The van der Waals surface area contributed by atoms with Gasteiger partial charge in [-0.3, -0.25) is 43.5 Å². The summed E-state index contributed by atoms with van der Waals surface area (Å²) in [5, 5.41) is 27.7. The molecule has 5 N–H and O–H groups in total. The fourth-order valence-corrected chi connectivity index (χ4v) is 9.95. The van der Waals surface area contributed by atoms with E-state index in [0.29, 0.717) is 50.9 Å². The molecule has 0 spiro atoms. The molecule has 20 nitrogen and oxygen atoms in total. The Kier molecular flexibility index (Phi) is 23.3. The van der Waals surface area contributed by atoms with Crippen LogP contribution in [0, 0.1) is 0 Å². The number of fused-ring (bicyclic) bond motifs is 3. The monoisotopic (exact) mass is 1030 g/mol. The number of nitrogens with one attached hydrogen (secondary N) is 3. The third-order valence-electron chi connectivity index (χ3n) is 13.7. The maximum atomic E-state index is 13.0. The maximum Gasteiger partial charge on any atom is 0.407 e. The molecular weight excluding hydrogens is 957 g/mol. The van der Waals surface area contributed by atoms with Gasteiger partial charge in [-0.05, 0) is 91.4 Å². The molecule has 3 aromatic rings. The Balaban J connectivity index is 1.08. The average Bonchev–Trinajstić information content (AvgIpc) is 3.71. The summed E-state index contributed by atoms with van der Waals surface area (Å²) in [6.45, 7) is 2.21. The topological polar surface area (TPSA) is 260 Å². The van der Waals surface area contributed by atoms with Gasteiger partial charge in [0.15, 0.2) is 0 Å². The highest BCUT2D eigenvalue weighted by atomic mass is 16.6. The molecule has 0 aliphatic heterocycles. The Morgan fingerprint density at radius 1 is 0.676 bits per heavy atom. The van der Waals surface area contributed by atoms with Gasteiger partial charge < -0.3 is 45.1 Å². The van der Waals surface area contributed by atoms with Crippen LogP contribution in [0.3, 0.4) is 0 Å². The number of methoxy groups -OCH3 is 3. The van der Waals surface area contributed by atoms with E-state index in [4.69, 9.17) is 18.9 Å². The summed E-state index contributed by atoms with van der Waals surface area (Å²) >= 11 is 0. The standard InChI is InChI=1S/C54H72N6O14/c1-5-58(32-50(65)71-2)38(30-59(33-51(66)72-3)45-20-10-11-21-46(45)60(31-49(63)64)34-52(67)73-4)29-36-24-26-37(27-25-36)56-48(62)23-14-22-47(61)55-28-13-12-19-44(53(68)69)57-54(70)74-35-43-41-17-8-6-15-39(41)40-16-7-9-18-42(40)43/h6-9,15-18,24-27,38,43-46H,5,10-14,19-23,28-35H2,1-4H3,(H,55,61)(H,56,62)(H,57,70)(H,63,64)(H,68,69)/t38-,44?,45+,46+/m1/s1. The molecule has 0 heterocycles. The van der Waals surface area contributed by atoms with Gasteiger partial charge in [0.05, 0.1) is 47.5 Å². The number of carbonyl (C=O) groups excluding carboxylic acids is 6. The van der Waals surface area contributed by atoms with Crippen LogP contribution in [0.5, 0.6) is 0 Å². The van der Waals surface area contributed by atoms with Gasteiger partial charge in [-0.15, -0.1) is 0 Å². The summed E-state index contributed by atoms with van der Waals surface area (Å²) in [5.74, 6) is -4.51. The lowest BCUT2D eigenvalue weighted by Gasteiger charge is -2.46. The first kappa shape index (κ1) is 58.0. The number of esters is 3. The predicted octanol–water partition coefficient (Wildman–Crippen LogP) is 4.83. The van der Waals surface area contributed by atoms with Crippen LogP contribution in [0.1, 0.15) is 93.7 Å². The van der Waals surface area contributed by atoms with E-state index in [1.165, 1.54) is 21.3 Å². The molecule has 74 heavy (non-hydrogen) atoms. The van der Waals surface area contributed by atoms with Crippen molar-refractivity contribution in [2.75, 3.05) is 79.1 Å². The lowest BCUT2D eigenvalue weighted by molar-refractivity contribution is -0.149. The van der Waals surface area contributed by atoms with Crippen LogP contribution in [0.15, 0.2) is 72.8 Å². The second-order valence-corrected chi connectivity index (χ2v) is 18.6.